The molecule has 0 fully saturated rings. The highest BCUT2D eigenvalue weighted by molar-refractivity contribution is 9.11. The van der Waals surface area contributed by atoms with Crippen molar-refractivity contribution in [2.24, 2.45) is 16.5 Å². The van der Waals surface area contributed by atoms with Crippen LogP contribution < -0.4 is 16.2 Å². The van der Waals surface area contributed by atoms with Crippen molar-refractivity contribution < 1.29 is 4.74 Å². The maximum absolute atomic E-state index is 5.52. The molecule has 6 nitrogen and oxygen atoms in total. The summed E-state index contributed by atoms with van der Waals surface area (Å²) < 4.78 is 6.91. The van der Waals surface area contributed by atoms with Gasteiger partial charge in [-0.3, -0.25) is 0 Å². The Bertz CT molecular complexity index is 951. The Balaban J connectivity index is 0.00000169. The van der Waals surface area contributed by atoms with Gasteiger partial charge in [0.2, 0.25) is 0 Å². The summed E-state index contributed by atoms with van der Waals surface area (Å²) >= 11 is 7.09. The molecular weight excluding hydrogens is 509 g/mol. The molecule has 0 spiro atoms. The molecule has 0 aliphatic carbocycles. The van der Waals surface area contributed by atoms with Gasteiger partial charge in [-0.05, 0) is 37.9 Å². The van der Waals surface area contributed by atoms with Crippen LogP contribution in [0.1, 0.15) is 0 Å². The summed E-state index contributed by atoms with van der Waals surface area (Å²) in [6.45, 7) is 0. The molecule has 138 valence electrons. The number of nitrogens with two attached hydrogens (primary N) is 2. The van der Waals surface area contributed by atoms with E-state index in [9.17, 15) is 0 Å². The molecule has 0 unspecified atom stereocenters. The van der Waals surface area contributed by atoms with Crippen LogP contribution in [-0.4, -0.2) is 23.3 Å². The number of rotatable bonds is 3. The smallest absolute Gasteiger partial charge is 0.192 e. The van der Waals surface area contributed by atoms with Crippen LogP contribution in [0.4, 0.5) is 5.82 Å². The van der Waals surface area contributed by atoms with Crippen LogP contribution in [0.3, 0.4) is 0 Å². The van der Waals surface area contributed by atoms with Crippen LogP contribution in [-0.2, 0) is 0 Å². The minimum absolute atomic E-state index is 0. The highest BCUT2D eigenvalue weighted by Crippen LogP contribution is 2.44. The number of fused-ring (bicyclic) bond motifs is 1. The van der Waals surface area contributed by atoms with Gasteiger partial charge in [-0.15, -0.1) is 35.0 Å². The van der Waals surface area contributed by atoms with Gasteiger partial charge < -0.3 is 16.2 Å². The van der Waals surface area contributed by atoms with Gasteiger partial charge in [0, 0.05) is 16.3 Å². The Morgan fingerprint density at radius 1 is 1.08 bits per heavy atom. The van der Waals surface area contributed by atoms with Crippen molar-refractivity contribution in [3.8, 4) is 17.0 Å². The fourth-order valence-electron chi connectivity index (χ4n) is 2.40. The average molecular weight is 524 g/mol. The highest BCUT2D eigenvalue weighted by Gasteiger charge is 2.19. The van der Waals surface area contributed by atoms with E-state index in [0.29, 0.717) is 16.0 Å². The molecule has 0 aliphatic heterocycles. The number of aliphatic imine (C=N–C) groups is 1. The third-order valence-electron chi connectivity index (χ3n) is 3.39. The van der Waals surface area contributed by atoms with Crippen molar-refractivity contribution in [3.63, 3.8) is 0 Å². The van der Waals surface area contributed by atoms with E-state index in [1.54, 1.807) is 7.11 Å². The molecule has 3 rings (SSSR count). The molecule has 4 N–H and O–H groups in total. The Morgan fingerprint density at radius 2 is 1.73 bits per heavy atom. The third-order valence-corrected chi connectivity index (χ3v) is 4.73. The van der Waals surface area contributed by atoms with Crippen molar-refractivity contribution >= 4 is 79.2 Å². The number of hydrogen-bond donors (Lipinski definition) is 2. The van der Waals surface area contributed by atoms with Gasteiger partial charge in [-0.1, -0.05) is 30.3 Å². The van der Waals surface area contributed by atoms with Crippen molar-refractivity contribution in [1.82, 2.24) is 10.2 Å². The van der Waals surface area contributed by atoms with E-state index in [0.717, 1.165) is 26.5 Å². The Morgan fingerprint density at radius 3 is 2.31 bits per heavy atom. The van der Waals surface area contributed by atoms with Crippen LogP contribution in [0, 0.1) is 0 Å². The molecule has 0 atom stereocenters. The van der Waals surface area contributed by atoms with E-state index in [4.69, 9.17) is 16.2 Å². The van der Waals surface area contributed by atoms with Crippen molar-refractivity contribution in [1.29, 1.82) is 0 Å². The molecular formula is C16H15Br2Cl2N5O. The number of benzene rings is 2. The Hall–Kier alpha value is -1.61. The van der Waals surface area contributed by atoms with Crippen LogP contribution in [0.2, 0.25) is 0 Å². The van der Waals surface area contributed by atoms with E-state index in [2.05, 4.69) is 47.0 Å². The van der Waals surface area contributed by atoms with Gasteiger partial charge in [-0.2, -0.15) is 4.99 Å². The number of halogens is 4. The first kappa shape index (κ1) is 22.4. The normalized spacial score (nSPS) is 9.81. The summed E-state index contributed by atoms with van der Waals surface area (Å²) in [5, 5.41) is 10.1. The third kappa shape index (κ3) is 4.20. The van der Waals surface area contributed by atoms with Crippen LogP contribution in [0.5, 0.6) is 5.75 Å². The average Bonchev–Trinajstić information content (AvgIpc) is 2.55. The molecule has 1 aromatic heterocycles. The minimum atomic E-state index is -0.0909. The largest absolute Gasteiger partial charge is 0.494 e. The second-order valence-corrected chi connectivity index (χ2v) is 6.55. The lowest BCUT2D eigenvalue weighted by molar-refractivity contribution is 0.410. The predicted octanol–water partition coefficient (Wildman–Crippen LogP) is 4.58. The number of guanidine groups is 1. The zero-order valence-corrected chi connectivity index (χ0v) is 18.2. The van der Waals surface area contributed by atoms with Crippen molar-refractivity contribution in [2.75, 3.05) is 7.11 Å². The maximum atomic E-state index is 5.52. The molecule has 10 heteroatoms. The summed E-state index contributed by atoms with van der Waals surface area (Å²) in [5.74, 6) is 0.857. The lowest BCUT2D eigenvalue weighted by atomic mass is 10.0. The molecule has 26 heavy (non-hydrogen) atoms. The zero-order chi connectivity index (χ0) is 17.3. The molecule has 0 saturated carbocycles. The lowest BCUT2D eigenvalue weighted by Gasteiger charge is -2.13. The summed E-state index contributed by atoms with van der Waals surface area (Å²) in [5.41, 5.74) is 12.7. The molecule has 3 aromatic rings. The highest BCUT2D eigenvalue weighted by atomic mass is 79.9. The maximum Gasteiger partial charge on any atom is 0.192 e. The van der Waals surface area contributed by atoms with Gasteiger partial charge in [0.15, 0.2) is 11.8 Å². The van der Waals surface area contributed by atoms with Gasteiger partial charge in [-0.25, -0.2) is 0 Å². The number of nitrogens with zero attached hydrogens (tertiary/aromatic N) is 3. The number of hydrogen-bond acceptors (Lipinski definition) is 4. The molecule has 2 aromatic carbocycles. The first-order chi connectivity index (χ1) is 11.5. The van der Waals surface area contributed by atoms with E-state index >= 15 is 0 Å². The second-order valence-electron chi connectivity index (χ2n) is 4.90. The number of aromatic nitrogens is 2. The Kier molecular flexibility index (Phi) is 8.08. The number of ether oxygens (including phenoxy) is 1. The van der Waals surface area contributed by atoms with E-state index < -0.39 is 0 Å². The quantitative estimate of drug-likeness (QED) is 0.387. The standard InChI is InChI=1S/C16H13Br2N5O.2ClH/c1-24-14-10(17)7-9-11(12(14)18)15(21-16(19)20)23-22-13(9)8-5-3-2-4-6-8;;/h2-7H,1H3,(H4,19,20,21,23);2*1H. The van der Waals surface area contributed by atoms with Crippen LogP contribution >= 0.6 is 56.7 Å². The van der Waals surface area contributed by atoms with Crippen molar-refractivity contribution in [2.45, 2.75) is 0 Å². The van der Waals surface area contributed by atoms with Crippen LogP contribution in [0.15, 0.2) is 50.3 Å². The fourth-order valence-corrected chi connectivity index (χ4v) is 4.03. The lowest BCUT2D eigenvalue weighted by Crippen LogP contribution is -2.22. The van der Waals surface area contributed by atoms with E-state index in [-0.39, 0.29) is 30.8 Å². The SMILES string of the molecule is COc1c(Br)cc2c(-c3ccccc3)nnc(N=C(N)N)c2c1Br.Cl.Cl. The monoisotopic (exact) mass is 521 g/mol. The summed E-state index contributed by atoms with van der Waals surface area (Å²) in [4.78, 5) is 4.09. The zero-order valence-electron chi connectivity index (χ0n) is 13.4. The van der Waals surface area contributed by atoms with Crippen molar-refractivity contribution in [3.05, 3.63) is 45.3 Å². The van der Waals surface area contributed by atoms with Gasteiger partial charge >= 0.3 is 0 Å². The van der Waals surface area contributed by atoms with Crippen LogP contribution in [0.25, 0.3) is 22.0 Å². The van der Waals surface area contributed by atoms with Gasteiger partial charge in [0.1, 0.15) is 11.4 Å². The number of methoxy groups -OCH3 is 1. The topological polar surface area (TPSA) is 99.4 Å². The minimum Gasteiger partial charge on any atom is -0.494 e. The molecule has 0 amide bonds. The first-order valence-electron chi connectivity index (χ1n) is 6.90. The molecule has 0 saturated heterocycles. The Labute approximate surface area is 179 Å². The predicted molar refractivity (Wildman–Crippen MR) is 117 cm³/mol. The van der Waals surface area contributed by atoms with E-state index in [1.165, 1.54) is 0 Å². The van der Waals surface area contributed by atoms with Gasteiger partial charge in [0.05, 0.1) is 16.1 Å². The molecule has 0 aliphatic rings. The molecule has 1 heterocycles. The summed E-state index contributed by atoms with van der Waals surface area (Å²) in [7, 11) is 1.59. The molecule has 0 radical (unpaired) electrons. The summed E-state index contributed by atoms with van der Waals surface area (Å²) in [6.07, 6.45) is 0. The summed E-state index contributed by atoms with van der Waals surface area (Å²) in [6, 6.07) is 11.7. The fraction of sp³-hybridized carbons (Fsp3) is 0.0625. The first-order valence-corrected chi connectivity index (χ1v) is 8.49. The van der Waals surface area contributed by atoms with E-state index in [1.807, 2.05) is 36.4 Å². The second kappa shape index (κ2) is 9.36. The molecule has 0 bridgehead atoms. The van der Waals surface area contributed by atoms with Gasteiger partial charge in [0.25, 0.3) is 0 Å².